The van der Waals surface area contributed by atoms with Crippen LogP contribution >= 0.6 is 0 Å². The van der Waals surface area contributed by atoms with Gasteiger partial charge in [0, 0.05) is 37.0 Å². The minimum atomic E-state index is -3.29. The lowest BCUT2D eigenvalue weighted by molar-refractivity contribution is 0.00610. The summed E-state index contributed by atoms with van der Waals surface area (Å²) in [5.74, 6) is 1.25. The Morgan fingerprint density at radius 2 is 2.09 bits per heavy atom. The molecule has 3 atom stereocenters. The van der Waals surface area contributed by atoms with Crippen LogP contribution in [0.25, 0.3) is 26.8 Å². The fourth-order valence-electron chi connectivity index (χ4n) is 5.42. The summed E-state index contributed by atoms with van der Waals surface area (Å²) < 4.78 is 35.7. The molecule has 1 unspecified atom stereocenters. The van der Waals surface area contributed by atoms with Crippen molar-refractivity contribution in [2.24, 2.45) is 5.92 Å². The molecule has 2 aromatic heterocycles. The van der Waals surface area contributed by atoms with E-state index in [0.29, 0.717) is 31.3 Å². The van der Waals surface area contributed by atoms with Crippen LogP contribution in [0.5, 0.6) is 0 Å². The maximum Gasteiger partial charge on any atom is 0.214 e. The van der Waals surface area contributed by atoms with Gasteiger partial charge in [-0.05, 0) is 50.7 Å². The molecular formula is C24H27N5O3S. The number of fused-ring (bicyclic) bond motifs is 3. The van der Waals surface area contributed by atoms with Crippen molar-refractivity contribution in [3.63, 3.8) is 0 Å². The number of aromatic nitrogens is 3. The molecule has 0 bridgehead atoms. The molecule has 0 radical (unpaired) electrons. The van der Waals surface area contributed by atoms with Crippen LogP contribution < -0.4 is 0 Å². The molecule has 172 valence electrons. The van der Waals surface area contributed by atoms with Gasteiger partial charge >= 0.3 is 0 Å². The van der Waals surface area contributed by atoms with E-state index in [4.69, 9.17) is 16.3 Å². The van der Waals surface area contributed by atoms with Crippen LogP contribution in [0.15, 0.2) is 24.4 Å². The Kier molecular flexibility index (Phi) is 4.94. The third-order valence-corrected chi connectivity index (χ3v) is 9.14. The predicted molar refractivity (Wildman–Crippen MR) is 126 cm³/mol. The van der Waals surface area contributed by atoms with Crippen LogP contribution in [0.4, 0.5) is 5.69 Å². The maximum absolute atomic E-state index is 13.0. The minimum Gasteiger partial charge on any atom is -0.378 e. The summed E-state index contributed by atoms with van der Waals surface area (Å²) in [4.78, 5) is 13.2. The quantitative estimate of drug-likeness (QED) is 0.544. The van der Waals surface area contributed by atoms with E-state index in [1.165, 1.54) is 0 Å². The third kappa shape index (κ3) is 3.70. The van der Waals surface area contributed by atoms with Gasteiger partial charge < -0.3 is 9.30 Å². The van der Waals surface area contributed by atoms with Crippen molar-refractivity contribution < 1.29 is 13.2 Å². The number of nitrogens with zero attached hydrogens (tertiary/aromatic N) is 5. The van der Waals surface area contributed by atoms with Crippen molar-refractivity contribution in [3.05, 3.63) is 41.6 Å². The molecule has 9 heteroatoms. The van der Waals surface area contributed by atoms with E-state index in [2.05, 4.69) is 21.3 Å². The molecule has 0 N–H and O–H groups in total. The second-order valence-electron chi connectivity index (χ2n) is 9.74. The standard InChI is InChI=1S/C24H27N5O3S/c1-15-9-19(7-8-32-15)29-23-20-10-18(25-2)5-6-21(20)26-11-22(23)27-24(29)17-13-28(12-16-3-4-16)33(30,31)14-17/h5-6,10-11,15-17,19H,3-4,7-9,12-14H2,1H3/t15-,17-,19?/m1/s1. The second-order valence-corrected chi connectivity index (χ2v) is 11.8. The fourth-order valence-corrected chi connectivity index (χ4v) is 7.24. The Balaban J connectivity index is 1.53. The van der Waals surface area contributed by atoms with Gasteiger partial charge in [0.15, 0.2) is 5.69 Å². The van der Waals surface area contributed by atoms with Gasteiger partial charge in [-0.15, -0.1) is 0 Å². The van der Waals surface area contributed by atoms with Crippen LogP contribution in [-0.4, -0.2) is 58.8 Å². The fraction of sp³-hybridized carbons (Fsp3) is 0.542. The van der Waals surface area contributed by atoms with Crippen molar-refractivity contribution in [2.45, 2.75) is 50.7 Å². The number of benzene rings is 1. The normalized spacial score (nSPS) is 27.8. The van der Waals surface area contributed by atoms with Gasteiger partial charge in [0.2, 0.25) is 10.0 Å². The van der Waals surface area contributed by atoms with Gasteiger partial charge in [0.1, 0.15) is 11.3 Å². The highest BCUT2D eigenvalue weighted by molar-refractivity contribution is 7.89. The maximum atomic E-state index is 13.0. The lowest BCUT2D eigenvalue weighted by atomic mass is 10.0. The van der Waals surface area contributed by atoms with Gasteiger partial charge in [-0.1, -0.05) is 6.07 Å². The molecule has 0 amide bonds. The highest BCUT2D eigenvalue weighted by atomic mass is 32.2. The summed E-state index contributed by atoms with van der Waals surface area (Å²) in [6, 6.07) is 5.71. The first-order chi connectivity index (χ1) is 15.9. The SMILES string of the molecule is [C-]#[N+]c1ccc2ncc3nc([C@@H]4CN(CC5CC5)S(=O)(=O)C4)n(C4CCO[C@H](C)C4)c3c2c1. The Hall–Kier alpha value is -2.54. The van der Waals surface area contributed by atoms with Crippen LogP contribution in [-0.2, 0) is 14.8 Å². The van der Waals surface area contributed by atoms with Gasteiger partial charge in [-0.25, -0.2) is 22.6 Å². The van der Waals surface area contributed by atoms with Crippen LogP contribution in [0.2, 0.25) is 0 Å². The second kappa shape index (κ2) is 7.76. The Morgan fingerprint density at radius 1 is 1.24 bits per heavy atom. The number of hydrogen-bond acceptors (Lipinski definition) is 5. The van der Waals surface area contributed by atoms with Crippen molar-refractivity contribution in [2.75, 3.05) is 25.4 Å². The Morgan fingerprint density at radius 3 is 2.85 bits per heavy atom. The van der Waals surface area contributed by atoms with Crippen LogP contribution in [0.1, 0.15) is 50.4 Å². The van der Waals surface area contributed by atoms with E-state index in [0.717, 1.165) is 53.4 Å². The van der Waals surface area contributed by atoms with Crippen molar-refractivity contribution >= 4 is 37.6 Å². The summed E-state index contributed by atoms with van der Waals surface area (Å²) in [6.45, 7) is 11.3. The third-order valence-electron chi connectivity index (χ3n) is 7.23. The first kappa shape index (κ1) is 21.0. The monoisotopic (exact) mass is 465 g/mol. The molecule has 8 nitrogen and oxygen atoms in total. The molecule has 4 heterocycles. The molecule has 2 aliphatic heterocycles. The van der Waals surface area contributed by atoms with Crippen molar-refractivity contribution in [3.8, 4) is 0 Å². The summed E-state index contributed by atoms with van der Waals surface area (Å²) >= 11 is 0. The average molecular weight is 466 g/mol. The highest BCUT2D eigenvalue weighted by Crippen LogP contribution is 2.40. The first-order valence-electron chi connectivity index (χ1n) is 11.7. The lowest BCUT2D eigenvalue weighted by Gasteiger charge is -2.31. The minimum absolute atomic E-state index is 0.0977. The molecule has 6 rings (SSSR count). The number of ether oxygens (including phenoxy) is 1. The van der Waals surface area contributed by atoms with E-state index < -0.39 is 10.0 Å². The predicted octanol–water partition coefficient (Wildman–Crippen LogP) is 4.01. The molecule has 3 aromatic rings. The molecule has 33 heavy (non-hydrogen) atoms. The van der Waals surface area contributed by atoms with E-state index >= 15 is 0 Å². The number of pyridine rings is 1. The number of hydrogen-bond donors (Lipinski definition) is 0. The number of sulfonamides is 1. The van der Waals surface area contributed by atoms with Crippen molar-refractivity contribution in [1.82, 2.24) is 18.8 Å². The summed E-state index contributed by atoms with van der Waals surface area (Å²) in [7, 11) is -3.29. The number of rotatable bonds is 4. The highest BCUT2D eigenvalue weighted by Gasteiger charge is 2.42. The summed E-state index contributed by atoms with van der Waals surface area (Å²) in [6.07, 6.45) is 5.84. The van der Waals surface area contributed by atoms with Crippen LogP contribution in [0.3, 0.4) is 0 Å². The number of imidazole rings is 1. The lowest BCUT2D eigenvalue weighted by Crippen LogP contribution is -2.29. The van der Waals surface area contributed by atoms with Gasteiger partial charge in [-0.2, -0.15) is 0 Å². The average Bonchev–Trinajstić information content (AvgIpc) is 3.45. The van der Waals surface area contributed by atoms with E-state index in [-0.39, 0.29) is 23.8 Å². The molecular weight excluding hydrogens is 438 g/mol. The van der Waals surface area contributed by atoms with Gasteiger partial charge in [0.25, 0.3) is 0 Å². The van der Waals surface area contributed by atoms with E-state index in [9.17, 15) is 8.42 Å². The van der Waals surface area contributed by atoms with Gasteiger partial charge in [0.05, 0.1) is 35.7 Å². The largest absolute Gasteiger partial charge is 0.378 e. The molecule has 3 fully saturated rings. The van der Waals surface area contributed by atoms with E-state index in [1.54, 1.807) is 16.6 Å². The molecule has 1 aliphatic carbocycles. The zero-order chi connectivity index (χ0) is 22.7. The zero-order valence-electron chi connectivity index (χ0n) is 18.6. The molecule has 1 saturated carbocycles. The summed E-state index contributed by atoms with van der Waals surface area (Å²) in [5.41, 5.74) is 3.09. The molecule has 1 aromatic carbocycles. The van der Waals surface area contributed by atoms with E-state index in [1.807, 2.05) is 12.1 Å². The van der Waals surface area contributed by atoms with Crippen LogP contribution in [0, 0.1) is 12.5 Å². The van der Waals surface area contributed by atoms with Gasteiger partial charge in [-0.3, -0.25) is 4.98 Å². The molecule has 2 saturated heterocycles. The Bertz CT molecular complexity index is 1390. The summed E-state index contributed by atoms with van der Waals surface area (Å²) in [5, 5.41) is 0.898. The molecule has 0 spiro atoms. The first-order valence-corrected chi connectivity index (χ1v) is 13.3. The molecule has 3 aliphatic rings. The topological polar surface area (TPSA) is 81.7 Å². The Labute approximate surface area is 193 Å². The zero-order valence-corrected chi connectivity index (χ0v) is 19.5. The smallest absolute Gasteiger partial charge is 0.214 e. The van der Waals surface area contributed by atoms with Crippen molar-refractivity contribution in [1.29, 1.82) is 0 Å².